The predicted molar refractivity (Wildman–Crippen MR) is 95.4 cm³/mol. The van der Waals surface area contributed by atoms with E-state index in [-0.39, 0.29) is 10.8 Å². The van der Waals surface area contributed by atoms with Crippen LogP contribution in [0, 0.1) is 13.8 Å². The van der Waals surface area contributed by atoms with Crippen molar-refractivity contribution in [3.63, 3.8) is 0 Å². The Morgan fingerprint density at radius 1 is 1.00 bits per heavy atom. The number of nitrogens with two attached hydrogens (primary N) is 1. The minimum Gasteiger partial charge on any atom is -0.374 e. The highest BCUT2D eigenvalue weighted by Gasteiger charge is 2.14. The van der Waals surface area contributed by atoms with E-state index in [9.17, 15) is 13.2 Å². The van der Waals surface area contributed by atoms with E-state index in [4.69, 9.17) is 5.14 Å². The molecule has 0 spiro atoms. The molecule has 2 rings (SSSR count). The molecule has 6 nitrogen and oxygen atoms in total. The maximum atomic E-state index is 12.2. The summed E-state index contributed by atoms with van der Waals surface area (Å²) in [4.78, 5) is 12.2. The summed E-state index contributed by atoms with van der Waals surface area (Å²) >= 11 is 0. The molecular weight excluding hydrogens is 326 g/mol. The van der Waals surface area contributed by atoms with Gasteiger partial charge in [-0.25, -0.2) is 13.6 Å². The number of hydrogen-bond acceptors (Lipinski definition) is 4. The van der Waals surface area contributed by atoms with E-state index in [1.807, 2.05) is 32.0 Å². The first-order chi connectivity index (χ1) is 11.2. The van der Waals surface area contributed by atoms with Crippen molar-refractivity contribution in [1.29, 1.82) is 0 Å². The van der Waals surface area contributed by atoms with Crippen molar-refractivity contribution in [3.8, 4) is 0 Å². The number of benzene rings is 2. The van der Waals surface area contributed by atoms with Gasteiger partial charge >= 0.3 is 0 Å². The molecule has 128 valence electrons. The van der Waals surface area contributed by atoms with Crippen LogP contribution in [0.1, 0.15) is 18.1 Å². The zero-order valence-corrected chi connectivity index (χ0v) is 14.6. The van der Waals surface area contributed by atoms with Gasteiger partial charge in [-0.05, 0) is 68.3 Å². The maximum absolute atomic E-state index is 12.2. The van der Waals surface area contributed by atoms with Gasteiger partial charge in [0.2, 0.25) is 15.9 Å². The Balaban J connectivity index is 2.02. The van der Waals surface area contributed by atoms with E-state index >= 15 is 0 Å². The minimum absolute atomic E-state index is 0.00167. The number of sulfonamides is 1. The van der Waals surface area contributed by atoms with E-state index in [0.717, 1.165) is 11.3 Å². The molecule has 1 atom stereocenters. The lowest BCUT2D eigenvalue weighted by atomic mass is 10.1. The van der Waals surface area contributed by atoms with Gasteiger partial charge in [0, 0.05) is 11.4 Å². The Bertz CT molecular complexity index is 846. The molecule has 0 fully saturated rings. The first-order valence-corrected chi connectivity index (χ1v) is 8.99. The molecule has 0 radical (unpaired) electrons. The summed E-state index contributed by atoms with van der Waals surface area (Å²) in [6, 6.07) is 11.2. The van der Waals surface area contributed by atoms with Gasteiger partial charge in [-0.15, -0.1) is 0 Å². The Hall–Kier alpha value is -2.38. The molecule has 1 amide bonds. The number of nitrogens with one attached hydrogen (secondary N) is 2. The Morgan fingerprint density at radius 3 is 2.12 bits per heavy atom. The van der Waals surface area contributed by atoms with Crippen LogP contribution in [-0.4, -0.2) is 20.4 Å². The second-order valence-corrected chi connectivity index (χ2v) is 7.29. The summed E-state index contributed by atoms with van der Waals surface area (Å²) in [5.74, 6) is -0.225. The van der Waals surface area contributed by atoms with Crippen LogP contribution >= 0.6 is 0 Å². The van der Waals surface area contributed by atoms with Crippen molar-refractivity contribution in [1.82, 2.24) is 0 Å². The lowest BCUT2D eigenvalue weighted by Crippen LogP contribution is -2.31. The van der Waals surface area contributed by atoms with Crippen LogP contribution in [0.3, 0.4) is 0 Å². The largest absolute Gasteiger partial charge is 0.374 e. The number of carbonyl (C=O) groups is 1. The van der Waals surface area contributed by atoms with E-state index in [2.05, 4.69) is 10.6 Å². The quantitative estimate of drug-likeness (QED) is 0.773. The summed E-state index contributed by atoms with van der Waals surface area (Å²) in [6.45, 7) is 5.79. The van der Waals surface area contributed by atoms with Crippen molar-refractivity contribution < 1.29 is 13.2 Å². The van der Waals surface area contributed by atoms with Gasteiger partial charge < -0.3 is 10.6 Å². The molecule has 2 aromatic rings. The third kappa shape index (κ3) is 4.56. The van der Waals surface area contributed by atoms with Gasteiger partial charge in [0.25, 0.3) is 0 Å². The Morgan fingerprint density at radius 2 is 1.58 bits per heavy atom. The van der Waals surface area contributed by atoms with E-state index in [1.54, 1.807) is 6.92 Å². The molecule has 0 aromatic heterocycles. The zero-order chi connectivity index (χ0) is 17.9. The fourth-order valence-electron chi connectivity index (χ4n) is 2.13. The van der Waals surface area contributed by atoms with Crippen LogP contribution in [-0.2, 0) is 14.8 Å². The van der Waals surface area contributed by atoms with E-state index < -0.39 is 16.1 Å². The third-order valence-corrected chi connectivity index (χ3v) is 4.66. The predicted octanol–water partition coefficient (Wildman–Crippen LogP) is 2.39. The van der Waals surface area contributed by atoms with Gasteiger partial charge in [0.1, 0.15) is 6.04 Å². The van der Waals surface area contributed by atoms with Gasteiger partial charge in [0.05, 0.1) is 4.90 Å². The van der Waals surface area contributed by atoms with Gasteiger partial charge in [-0.3, -0.25) is 4.79 Å². The topological polar surface area (TPSA) is 101 Å². The van der Waals surface area contributed by atoms with Crippen LogP contribution in [0.5, 0.6) is 0 Å². The fourth-order valence-corrected chi connectivity index (χ4v) is 2.64. The molecule has 0 aliphatic heterocycles. The summed E-state index contributed by atoms with van der Waals surface area (Å²) in [5, 5.41) is 10.9. The second-order valence-electron chi connectivity index (χ2n) is 5.72. The molecule has 4 N–H and O–H groups in total. The number of hydrogen-bond donors (Lipinski definition) is 3. The minimum atomic E-state index is -3.74. The van der Waals surface area contributed by atoms with Crippen molar-refractivity contribution in [2.45, 2.75) is 31.7 Å². The first-order valence-electron chi connectivity index (χ1n) is 7.44. The molecule has 2 aromatic carbocycles. The molecule has 24 heavy (non-hydrogen) atoms. The van der Waals surface area contributed by atoms with Gasteiger partial charge in [-0.2, -0.15) is 0 Å². The van der Waals surface area contributed by atoms with Crippen LogP contribution in [0.25, 0.3) is 0 Å². The van der Waals surface area contributed by atoms with Crippen molar-refractivity contribution >= 4 is 27.3 Å². The highest BCUT2D eigenvalue weighted by Crippen LogP contribution is 2.16. The lowest BCUT2D eigenvalue weighted by molar-refractivity contribution is -0.116. The summed E-state index contributed by atoms with van der Waals surface area (Å²) in [5.41, 5.74) is 3.70. The highest BCUT2D eigenvalue weighted by molar-refractivity contribution is 7.89. The molecule has 0 saturated carbocycles. The first kappa shape index (κ1) is 18.0. The summed E-state index contributed by atoms with van der Waals surface area (Å²) in [7, 11) is -3.74. The summed E-state index contributed by atoms with van der Waals surface area (Å²) < 4.78 is 22.4. The number of amides is 1. The monoisotopic (exact) mass is 347 g/mol. The smallest absolute Gasteiger partial charge is 0.246 e. The van der Waals surface area contributed by atoms with Gasteiger partial charge in [-0.1, -0.05) is 6.07 Å². The molecule has 0 bridgehead atoms. The van der Waals surface area contributed by atoms with Crippen LogP contribution < -0.4 is 15.8 Å². The number of carbonyl (C=O) groups excluding carboxylic acids is 1. The van der Waals surface area contributed by atoms with Crippen molar-refractivity contribution in [2.24, 2.45) is 5.14 Å². The van der Waals surface area contributed by atoms with Crippen LogP contribution in [0.2, 0.25) is 0 Å². The molecular formula is C17H21N3O3S. The Kier molecular flexibility index (Phi) is 5.26. The SMILES string of the molecule is Cc1ccc(NC(C)C(=O)Nc2ccc(S(N)(=O)=O)cc2)cc1C. The van der Waals surface area contributed by atoms with Crippen molar-refractivity contribution in [2.75, 3.05) is 10.6 Å². The van der Waals surface area contributed by atoms with Crippen molar-refractivity contribution in [3.05, 3.63) is 53.6 Å². The van der Waals surface area contributed by atoms with Crippen LogP contribution in [0.4, 0.5) is 11.4 Å². The maximum Gasteiger partial charge on any atom is 0.246 e. The standard InChI is InChI=1S/C17H21N3O3S/c1-11-4-5-15(10-12(11)2)19-13(3)17(21)20-14-6-8-16(9-7-14)24(18,22)23/h4-10,13,19H,1-3H3,(H,20,21)(H2,18,22,23). The zero-order valence-electron chi connectivity index (χ0n) is 13.8. The third-order valence-electron chi connectivity index (χ3n) is 3.73. The van der Waals surface area contributed by atoms with E-state index in [1.165, 1.54) is 29.8 Å². The fraction of sp³-hybridized carbons (Fsp3) is 0.235. The van der Waals surface area contributed by atoms with Crippen LogP contribution in [0.15, 0.2) is 47.4 Å². The number of anilines is 2. The Labute approximate surface area is 142 Å². The van der Waals surface area contributed by atoms with Gasteiger partial charge in [0.15, 0.2) is 0 Å². The normalized spacial score (nSPS) is 12.5. The van der Waals surface area contributed by atoms with E-state index in [0.29, 0.717) is 5.69 Å². The number of primary sulfonamides is 1. The molecule has 0 aliphatic carbocycles. The average Bonchev–Trinajstić information content (AvgIpc) is 2.50. The molecule has 1 unspecified atom stereocenters. The number of aryl methyl sites for hydroxylation is 2. The highest BCUT2D eigenvalue weighted by atomic mass is 32.2. The average molecular weight is 347 g/mol. The lowest BCUT2D eigenvalue weighted by Gasteiger charge is -2.16. The molecule has 7 heteroatoms. The summed E-state index contributed by atoms with van der Waals surface area (Å²) in [6.07, 6.45) is 0. The number of rotatable bonds is 5. The molecule has 0 saturated heterocycles. The second kappa shape index (κ2) is 7.02. The molecule has 0 aliphatic rings. The molecule has 0 heterocycles.